The standard InChI is InChI=1S/C8H10N4S2/c1-2-9-8-12-11-7(14-8)5-6-10-3-4-13-6/h3-4H,2,5H2,1H3,(H,9,12). The molecular weight excluding hydrogens is 216 g/mol. The van der Waals surface area contributed by atoms with E-state index in [0.29, 0.717) is 0 Å². The summed E-state index contributed by atoms with van der Waals surface area (Å²) >= 11 is 3.24. The lowest BCUT2D eigenvalue weighted by Gasteiger charge is -1.91. The van der Waals surface area contributed by atoms with Gasteiger partial charge in [0.05, 0.1) is 11.4 Å². The van der Waals surface area contributed by atoms with Crippen molar-refractivity contribution in [1.82, 2.24) is 15.2 Å². The lowest BCUT2D eigenvalue weighted by atomic mass is 10.5. The van der Waals surface area contributed by atoms with Crippen molar-refractivity contribution < 1.29 is 0 Å². The monoisotopic (exact) mass is 226 g/mol. The topological polar surface area (TPSA) is 50.7 Å². The molecule has 0 bridgehead atoms. The van der Waals surface area contributed by atoms with Crippen molar-refractivity contribution in [3.05, 3.63) is 21.6 Å². The summed E-state index contributed by atoms with van der Waals surface area (Å²) < 4.78 is 0. The number of nitrogens with zero attached hydrogens (tertiary/aromatic N) is 3. The lowest BCUT2D eigenvalue weighted by Crippen LogP contribution is -1.94. The van der Waals surface area contributed by atoms with E-state index in [1.807, 2.05) is 18.5 Å². The summed E-state index contributed by atoms with van der Waals surface area (Å²) in [4.78, 5) is 4.20. The Bertz CT molecular complexity index is 382. The van der Waals surface area contributed by atoms with Crippen LogP contribution < -0.4 is 5.32 Å². The molecule has 2 aromatic heterocycles. The molecule has 0 aliphatic carbocycles. The van der Waals surface area contributed by atoms with E-state index in [2.05, 4.69) is 20.5 Å². The second-order valence-corrected chi connectivity index (χ2v) is 4.68. The van der Waals surface area contributed by atoms with Gasteiger partial charge in [-0.2, -0.15) is 0 Å². The van der Waals surface area contributed by atoms with E-state index in [-0.39, 0.29) is 0 Å². The molecule has 14 heavy (non-hydrogen) atoms. The van der Waals surface area contributed by atoms with Crippen molar-refractivity contribution in [3.63, 3.8) is 0 Å². The van der Waals surface area contributed by atoms with Crippen LogP contribution in [0.4, 0.5) is 5.13 Å². The van der Waals surface area contributed by atoms with Crippen molar-refractivity contribution in [2.75, 3.05) is 11.9 Å². The largest absolute Gasteiger partial charge is 0.360 e. The highest BCUT2D eigenvalue weighted by atomic mass is 32.1. The van der Waals surface area contributed by atoms with Gasteiger partial charge in [0.25, 0.3) is 0 Å². The maximum atomic E-state index is 4.20. The van der Waals surface area contributed by atoms with E-state index in [1.54, 1.807) is 22.7 Å². The molecule has 0 unspecified atom stereocenters. The third-order valence-electron chi connectivity index (χ3n) is 1.58. The van der Waals surface area contributed by atoms with Crippen molar-refractivity contribution in [2.45, 2.75) is 13.3 Å². The molecule has 2 aromatic rings. The molecule has 0 fully saturated rings. The fraction of sp³-hybridized carbons (Fsp3) is 0.375. The maximum absolute atomic E-state index is 4.20. The molecule has 0 aliphatic heterocycles. The molecule has 4 nitrogen and oxygen atoms in total. The Hall–Kier alpha value is -1.01. The molecule has 2 heterocycles. The Labute approximate surface area is 90.0 Å². The SMILES string of the molecule is CCNc1nnc(Cc2nccs2)s1. The average Bonchev–Trinajstić information content (AvgIpc) is 2.79. The molecule has 0 spiro atoms. The maximum Gasteiger partial charge on any atom is 0.205 e. The van der Waals surface area contributed by atoms with Gasteiger partial charge in [0, 0.05) is 18.1 Å². The Kier molecular flexibility index (Phi) is 3.05. The molecule has 1 N–H and O–H groups in total. The molecule has 0 saturated heterocycles. The number of nitrogens with one attached hydrogen (secondary N) is 1. The number of hydrogen-bond donors (Lipinski definition) is 1. The molecule has 2 rings (SSSR count). The molecule has 0 amide bonds. The van der Waals surface area contributed by atoms with Gasteiger partial charge in [0.2, 0.25) is 5.13 Å². The summed E-state index contributed by atoms with van der Waals surface area (Å²) in [5.74, 6) is 0. The predicted octanol–water partition coefficient (Wildman–Crippen LogP) is 2.02. The first-order valence-electron chi connectivity index (χ1n) is 4.33. The number of thiazole rings is 1. The normalized spacial score (nSPS) is 10.4. The number of hydrogen-bond acceptors (Lipinski definition) is 6. The van der Waals surface area contributed by atoms with Gasteiger partial charge >= 0.3 is 0 Å². The first-order chi connectivity index (χ1) is 6.88. The van der Waals surface area contributed by atoms with E-state index in [0.717, 1.165) is 28.1 Å². The van der Waals surface area contributed by atoms with Crippen LogP contribution in [0.15, 0.2) is 11.6 Å². The summed E-state index contributed by atoms with van der Waals surface area (Å²) in [5.41, 5.74) is 0. The Balaban J connectivity index is 2.03. The lowest BCUT2D eigenvalue weighted by molar-refractivity contribution is 0.989. The van der Waals surface area contributed by atoms with Crippen molar-refractivity contribution >= 4 is 27.8 Å². The Morgan fingerprint density at radius 1 is 1.36 bits per heavy atom. The van der Waals surface area contributed by atoms with Crippen LogP contribution in [0.2, 0.25) is 0 Å². The van der Waals surface area contributed by atoms with Gasteiger partial charge in [-0.3, -0.25) is 0 Å². The number of aromatic nitrogens is 3. The zero-order valence-electron chi connectivity index (χ0n) is 7.73. The second-order valence-electron chi connectivity index (χ2n) is 2.63. The van der Waals surface area contributed by atoms with E-state index in [4.69, 9.17) is 0 Å². The van der Waals surface area contributed by atoms with Crippen molar-refractivity contribution in [1.29, 1.82) is 0 Å². The zero-order chi connectivity index (χ0) is 9.80. The minimum atomic E-state index is 0.792. The van der Waals surface area contributed by atoms with Gasteiger partial charge < -0.3 is 5.32 Å². The van der Waals surface area contributed by atoms with Gasteiger partial charge in [-0.15, -0.1) is 21.5 Å². The molecule has 0 atom stereocenters. The van der Waals surface area contributed by atoms with Crippen LogP contribution in [0.5, 0.6) is 0 Å². The van der Waals surface area contributed by atoms with E-state index in [1.165, 1.54) is 0 Å². The highest BCUT2D eigenvalue weighted by Gasteiger charge is 2.05. The summed E-state index contributed by atoms with van der Waals surface area (Å²) in [5, 5.41) is 16.2. The molecule has 0 saturated carbocycles. The predicted molar refractivity (Wildman–Crippen MR) is 59.0 cm³/mol. The molecule has 6 heteroatoms. The third-order valence-corrected chi connectivity index (χ3v) is 3.24. The van der Waals surface area contributed by atoms with Crippen LogP contribution >= 0.6 is 22.7 Å². The van der Waals surface area contributed by atoms with Crippen LogP contribution in [-0.4, -0.2) is 21.7 Å². The van der Waals surface area contributed by atoms with Crippen molar-refractivity contribution in [2.24, 2.45) is 0 Å². The summed E-state index contributed by atoms with van der Waals surface area (Å²) in [6.45, 7) is 2.92. The smallest absolute Gasteiger partial charge is 0.205 e. The quantitative estimate of drug-likeness (QED) is 0.866. The average molecular weight is 226 g/mol. The highest BCUT2D eigenvalue weighted by molar-refractivity contribution is 7.15. The zero-order valence-corrected chi connectivity index (χ0v) is 9.36. The van der Waals surface area contributed by atoms with Gasteiger partial charge in [0.1, 0.15) is 5.01 Å². The summed E-state index contributed by atoms with van der Waals surface area (Å²) in [7, 11) is 0. The van der Waals surface area contributed by atoms with Gasteiger partial charge in [-0.1, -0.05) is 11.3 Å². The van der Waals surface area contributed by atoms with Crippen LogP contribution in [0.1, 0.15) is 16.9 Å². The van der Waals surface area contributed by atoms with Gasteiger partial charge in [-0.05, 0) is 6.92 Å². The molecule has 0 aliphatic rings. The first kappa shape index (κ1) is 9.54. The fourth-order valence-electron chi connectivity index (χ4n) is 1.02. The van der Waals surface area contributed by atoms with Gasteiger partial charge in [-0.25, -0.2) is 4.98 Å². The molecule has 0 aromatic carbocycles. The van der Waals surface area contributed by atoms with Crippen LogP contribution in [0, 0.1) is 0 Å². The van der Waals surface area contributed by atoms with Crippen molar-refractivity contribution in [3.8, 4) is 0 Å². The molecule has 0 radical (unpaired) electrons. The molecular formula is C8H10N4S2. The number of rotatable bonds is 4. The van der Waals surface area contributed by atoms with Crippen LogP contribution in [0.3, 0.4) is 0 Å². The van der Waals surface area contributed by atoms with Gasteiger partial charge in [0.15, 0.2) is 0 Å². The Morgan fingerprint density at radius 2 is 2.29 bits per heavy atom. The number of anilines is 1. The summed E-state index contributed by atoms with van der Waals surface area (Å²) in [6, 6.07) is 0. The summed E-state index contributed by atoms with van der Waals surface area (Å²) in [6.07, 6.45) is 2.60. The molecule has 74 valence electrons. The van der Waals surface area contributed by atoms with E-state index in [9.17, 15) is 0 Å². The highest BCUT2D eigenvalue weighted by Crippen LogP contribution is 2.18. The minimum Gasteiger partial charge on any atom is -0.360 e. The third kappa shape index (κ3) is 2.27. The minimum absolute atomic E-state index is 0.792. The first-order valence-corrected chi connectivity index (χ1v) is 6.02. The van der Waals surface area contributed by atoms with E-state index >= 15 is 0 Å². The second kappa shape index (κ2) is 4.47. The van der Waals surface area contributed by atoms with Crippen LogP contribution in [0.25, 0.3) is 0 Å². The Morgan fingerprint density at radius 3 is 3.00 bits per heavy atom. The van der Waals surface area contributed by atoms with Crippen LogP contribution in [-0.2, 0) is 6.42 Å². The fourth-order valence-corrected chi connectivity index (χ4v) is 2.54. The van der Waals surface area contributed by atoms with E-state index < -0.39 is 0 Å².